The van der Waals surface area contributed by atoms with Crippen molar-refractivity contribution in [1.82, 2.24) is 19.5 Å². The third kappa shape index (κ3) is 5.08. The van der Waals surface area contributed by atoms with Crippen LogP contribution < -0.4 is 11.1 Å². The number of H-pyrrole nitrogens is 1. The van der Waals surface area contributed by atoms with Gasteiger partial charge in [0.05, 0.1) is 28.1 Å². The second kappa shape index (κ2) is 9.88. The second-order valence-corrected chi connectivity index (χ2v) is 6.23. The number of nitrogens with zero attached hydrogens (tertiary/aromatic N) is 3. The zero-order valence-electron chi connectivity index (χ0n) is 15.4. The van der Waals surface area contributed by atoms with Crippen LogP contribution in [0, 0.1) is 25.5 Å². The van der Waals surface area contributed by atoms with Crippen LogP contribution in [0.1, 0.15) is 26.0 Å². The van der Waals surface area contributed by atoms with Gasteiger partial charge in [0.25, 0.3) is 11.1 Å². The maximum Gasteiger partial charge on any atom is 0.267 e. The number of hydrogen-bond acceptors (Lipinski definition) is 5. The normalized spacial score (nSPS) is 9.94. The van der Waals surface area contributed by atoms with E-state index in [0.717, 1.165) is 12.4 Å². The van der Waals surface area contributed by atoms with E-state index in [-0.39, 0.29) is 37.1 Å². The fraction of sp³-hybridized carbons (Fsp3) is 0.190. The van der Waals surface area contributed by atoms with Gasteiger partial charge in [0.1, 0.15) is 18.0 Å². The number of benzene rings is 2. The Morgan fingerprint density at radius 2 is 1.45 bits per heavy atom. The molecule has 0 aliphatic heterocycles. The number of rotatable bonds is 0. The van der Waals surface area contributed by atoms with Gasteiger partial charge in [0, 0.05) is 12.1 Å². The predicted molar refractivity (Wildman–Crippen MR) is 118 cm³/mol. The maximum atomic E-state index is 13.2. The molecule has 2 heterocycles. The van der Waals surface area contributed by atoms with Crippen LogP contribution in [0.15, 0.2) is 46.5 Å². The van der Waals surface area contributed by atoms with Crippen LogP contribution in [0.5, 0.6) is 0 Å². The predicted octanol–water partition coefficient (Wildman–Crippen LogP) is 3.62. The molecule has 4 rings (SSSR count). The van der Waals surface area contributed by atoms with Gasteiger partial charge in [-0.25, -0.2) is 23.3 Å². The topological polar surface area (TPSA) is 97.7 Å². The van der Waals surface area contributed by atoms with E-state index < -0.39 is 17.2 Å². The van der Waals surface area contributed by atoms with Gasteiger partial charge in [-0.15, -0.1) is 0 Å². The first-order valence-electron chi connectivity index (χ1n) is 8.30. The number of aryl methyl sites for hydroxylation is 2. The minimum Gasteiger partial charge on any atom is -0.313 e. The summed E-state index contributed by atoms with van der Waals surface area (Å²) in [4.78, 5) is 43.9. The Morgan fingerprint density at radius 3 is 2.00 bits per heavy atom. The third-order valence-electron chi connectivity index (χ3n) is 4.20. The van der Waals surface area contributed by atoms with E-state index in [0.29, 0.717) is 26.6 Å². The fourth-order valence-corrected chi connectivity index (χ4v) is 2.61. The van der Waals surface area contributed by atoms with Crippen molar-refractivity contribution >= 4 is 35.5 Å². The lowest BCUT2D eigenvalue weighted by atomic mass is 10.1. The lowest BCUT2D eigenvalue weighted by Crippen LogP contribution is -2.26. The lowest BCUT2D eigenvalue weighted by molar-refractivity contribution is 0.260. The van der Waals surface area contributed by atoms with Gasteiger partial charge >= 0.3 is 0 Å². The van der Waals surface area contributed by atoms with Gasteiger partial charge in [0.2, 0.25) is 7.85 Å². The van der Waals surface area contributed by atoms with Crippen LogP contribution in [-0.2, 0) is 0 Å². The monoisotopic (exact) mass is 426 g/mol. The number of halogens is 2. The minimum atomic E-state index is -0.915. The van der Waals surface area contributed by atoms with Gasteiger partial charge in [-0.05, 0) is 37.1 Å². The summed E-state index contributed by atoms with van der Waals surface area (Å²) in [6, 6.07) is 5.26. The number of carbonyl (C=O) groups excluding carboxylic acids is 1. The maximum absolute atomic E-state index is 13.2. The van der Waals surface area contributed by atoms with Gasteiger partial charge < -0.3 is 4.98 Å². The molecule has 0 spiro atoms. The van der Waals surface area contributed by atoms with Gasteiger partial charge in [-0.3, -0.25) is 14.4 Å². The van der Waals surface area contributed by atoms with Crippen molar-refractivity contribution < 1.29 is 13.6 Å². The summed E-state index contributed by atoms with van der Waals surface area (Å²) in [6.07, 6.45) is 2.25. The Balaban J connectivity index is 0.000000296. The summed E-state index contributed by atoms with van der Waals surface area (Å²) < 4.78 is 26.9. The number of fused-ring (bicyclic) bond motifs is 2. The van der Waals surface area contributed by atoms with Crippen LogP contribution in [0.25, 0.3) is 21.8 Å². The standard InChI is InChI=1S/C10H6BFN2O2.C9H7FN2O.2CH4/c1-5-2-6-8(3-7(5)12)13-4-14(9(6)15)10(11)16;1-5-2-6-8(3-7(5)10)11-4-12-9(6)13;;/h2-4H,1H3;2-4H,1H3,(H,11,12,13);2*1H4. The van der Waals surface area contributed by atoms with E-state index in [9.17, 15) is 23.2 Å². The number of nitrogens with one attached hydrogen (secondary N) is 1. The molecule has 2 aromatic heterocycles. The summed E-state index contributed by atoms with van der Waals surface area (Å²) in [5, 5.41) is 0.585. The first-order chi connectivity index (χ1) is 13.7. The largest absolute Gasteiger partial charge is 0.313 e. The van der Waals surface area contributed by atoms with Crippen LogP contribution in [0.4, 0.5) is 13.6 Å². The molecule has 160 valence electrons. The smallest absolute Gasteiger partial charge is 0.267 e. The Hall–Kier alpha value is -3.69. The molecule has 0 amide bonds. The Morgan fingerprint density at radius 1 is 0.935 bits per heavy atom. The molecular weight excluding hydrogens is 405 g/mol. The summed E-state index contributed by atoms with van der Waals surface area (Å²) in [7, 11) is 4.98. The molecule has 0 saturated heterocycles. The average Bonchev–Trinajstić information content (AvgIpc) is 2.66. The van der Waals surface area contributed by atoms with E-state index in [1.165, 1.54) is 31.5 Å². The molecule has 1 N–H and O–H groups in total. The van der Waals surface area contributed by atoms with Crippen LogP contribution >= 0.6 is 0 Å². The molecule has 2 radical (unpaired) electrons. The van der Waals surface area contributed by atoms with Crippen LogP contribution in [0.2, 0.25) is 0 Å². The Labute approximate surface area is 178 Å². The molecule has 4 aromatic rings. The van der Waals surface area contributed by atoms with Gasteiger partial charge in [-0.1, -0.05) is 14.9 Å². The fourth-order valence-electron chi connectivity index (χ4n) is 2.61. The van der Waals surface area contributed by atoms with Crippen LogP contribution in [0.3, 0.4) is 0 Å². The summed E-state index contributed by atoms with van der Waals surface area (Å²) in [5.41, 5.74) is 0.505. The molecule has 0 bridgehead atoms. The lowest BCUT2D eigenvalue weighted by Gasteiger charge is -2.03. The third-order valence-corrected chi connectivity index (χ3v) is 4.20. The number of aromatic amines is 1. The van der Waals surface area contributed by atoms with Crippen molar-refractivity contribution in [2.24, 2.45) is 0 Å². The highest BCUT2D eigenvalue weighted by atomic mass is 19.1. The molecule has 0 saturated carbocycles. The van der Waals surface area contributed by atoms with Crippen molar-refractivity contribution in [2.75, 3.05) is 0 Å². The summed E-state index contributed by atoms with van der Waals surface area (Å²) >= 11 is 0. The van der Waals surface area contributed by atoms with E-state index in [1.54, 1.807) is 6.92 Å². The number of aromatic nitrogens is 4. The zero-order valence-corrected chi connectivity index (χ0v) is 15.4. The molecule has 0 fully saturated rings. The van der Waals surface area contributed by atoms with E-state index in [1.807, 2.05) is 0 Å². The van der Waals surface area contributed by atoms with Gasteiger partial charge in [-0.2, -0.15) is 0 Å². The SMILES string of the molecule is C.C.Cc1cc2c(=O)[nH]cnc2cc1F.[B]C(=O)n1cnc2cc(F)c(C)cc2c1=O. The number of hydrogen-bond donors (Lipinski definition) is 1. The second-order valence-electron chi connectivity index (χ2n) is 6.23. The van der Waals surface area contributed by atoms with Crippen molar-refractivity contribution in [3.63, 3.8) is 0 Å². The summed E-state index contributed by atoms with van der Waals surface area (Å²) in [5.74, 6) is -1.71. The zero-order chi connectivity index (χ0) is 21.3. The molecule has 0 aliphatic rings. The van der Waals surface area contributed by atoms with E-state index >= 15 is 0 Å². The first-order valence-corrected chi connectivity index (χ1v) is 8.30. The molecular formula is C21H21BF2N4O3. The quantitative estimate of drug-likeness (QED) is 0.433. The molecule has 2 aromatic carbocycles. The van der Waals surface area contributed by atoms with Crippen molar-refractivity contribution in [1.29, 1.82) is 0 Å². The molecule has 0 aliphatic carbocycles. The van der Waals surface area contributed by atoms with E-state index in [4.69, 9.17) is 7.85 Å². The molecule has 0 atom stereocenters. The molecule has 7 nitrogen and oxygen atoms in total. The summed E-state index contributed by atoms with van der Waals surface area (Å²) in [6.45, 7) is 3.14. The highest BCUT2D eigenvalue weighted by Crippen LogP contribution is 2.14. The van der Waals surface area contributed by atoms with Crippen molar-refractivity contribution in [3.8, 4) is 0 Å². The Kier molecular flexibility index (Phi) is 8.08. The molecule has 31 heavy (non-hydrogen) atoms. The van der Waals surface area contributed by atoms with Crippen LogP contribution in [-0.4, -0.2) is 33.2 Å². The van der Waals surface area contributed by atoms with Gasteiger partial charge in [0.15, 0.2) is 5.81 Å². The molecule has 10 heteroatoms. The van der Waals surface area contributed by atoms with E-state index in [2.05, 4.69) is 15.0 Å². The highest BCUT2D eigenvalue weighted by molar-refractivity contribution is 6.57. The highest BCUT2D eigenvalue weighted by Gasteiger charge is 2.09. The van der Waals surface area contributed by atoms with Crippen molar-refractivity contribution in [3.05, 3.63) is 80.4 Å². The molecule has 0 unspecified atom stereocenters. The average molecular weight is 426 g/mol. The van der Waals surface area contributed by atoms with Crippen molar-refractivity contribution in [2.45, 2.75) is 28.7 Å². The first kappa shape index (κ1) is 25.4. The minimum absolute atomic E-state index is 0. The Bertz CT molecular complexity index is 1380. The number of carbonyl (C=O) groups is 1.